The van der Waals surface area contributed by atoms with Gasteiger partial charge in [0, 0.05) is 0 Å². The lowest BCUT2D eigenvalue weighted by Gasteiger charge is -2.09. The first kappa shape index (κ1) is 13.3. The second-order valence-electron chi connectivity index (χ2n) is 4.54. The summed E-state index contributed by atoms with van der Waals surface area (Å²) in [7, 11) is 0. The fourth-order valence-electron chi connectivity index (χ4n) is 2.08. The molecule has 0 fully saturated rings. The molecule has 106 valence electrons. The highest BCUT2D eigenvalue weighted by Gasteiger charge is 2.04. The Labute approximate surface area is 120 Å². The van der Waals surface area contributed by atoms with Crippen LogP contribution in [0.25, 0.3) is 10.9 Å². The summed E-state index contributed by atoms with van der Waals surface area (Å²) >= 11 is 0. The second kappa shape index (κ2) is 5.75. The Morgan fingerprint density at radius 3 is 2.71 bits per heavy atom. The molecule has 1 heterocycles. The Morgan fingerprint density at radius 1 is 1.10 bits per heavy atom. The summed E-state index contributed by atoms with van der Waals surface area (Å²) in [5.41, 5.74) is 0.534. The summed E-state index contributed by atoms with van der Waals surface area (Å²) in [4.78, 5) is 16.4. The monoisotopic (exact) mass is 284 g/mol. The number of hydrogen-bond donors (Lipinski definition) is 0. The smallest absolute Gasteiger partial charge is 0.261 e. The maximum Gasteiger partial charge on any atom is 0.261 e. The van der Waals surface area contributed by atoms with Crippen molar-refractivity contribution in [3.8, 4) is 5.75 Å². The average molecular weight is 284 g/mol. The van der Waals surface area contributed by atoms with Crippen molar-refractivity contribution in [1.29, 1.82) is 0 Å². The third-order valence-corrected chi connectivity index (χ3v) is 3.16. The summed E-state index contributed by atoms with van der Waals surface area (Å²) in [5.74, 6) is -0.235. The van der Waals surface area contributed by atoms with Crippen LogP contribution in [0, 0.1) is 5.82 Å². The molecule has 5 heteroatoms. The molecule has 3 aromatic rings. The van der Waals surface area contributed by atoms with E-state index in [1.165, 1.54) is 17.0 Å². The molecular weight excluding hydrogens is 271 g/mol. The van der Waals surface area contributed by atoms with Gasteiger partial charge < -0.3 is 4.74 Å². The van der Waals surface area contributed by atoms with Crippen molar-refractivity contribution in [3.05, 3.63) is 71.0 Å². The Bertz CT molecular complexity index is 830. The fourth-order valence-corrected chi connectivity index (χ4v) is 2.08. The first-order chi connectivity index (χ1) is 10.3. The van der Waals surface area contributed by atoms with Crippen LogP contribution in [0.2, 0.25) is 0 Å². The van der Waals surface area contributed by atoms with Gasteiger partial charge in [0.05, 0.1) is 23.8 Å². The number of halogens is 1. The number of nitrogens with zero attached hydrogens (tertiary/aromatic N) is 2. The van der Waals surface area contributed by atoms with E-state index in [1.807, 2.05) is 6.07 Å². The summed E-state index contributed by atoms with van der Waals surface area (Å²) < 4.78 is 20.2. The third kappa shape index (κ3) is 2.76. The minimum absolute atomic E-state index is 0.127. The second-order valence-corrected chi connectivity index (χ2v) is 4.54. The van der Waals surface area contributed by atoms with E-state index in [0.717, 1.165) is 0 Å². The molecule has 0 atom stereocenters. The van der Waals surface area contributed by atoms with Gasteiger partial charge in [0.25, 0.3) is 5.56 Å². The van der Waals surface area contributed by atoms with Crippen molar-refractivity contribution in [2.24, 2.45) is 0 Å². The van der Waals surface area contributed by atoms with Crippen LogP contribution < -0.4 is 10.3 Å². The zero-order valence-electron chi connectivity index (χ0n) is 11.2. The van der Waals surface area contributed by atoms with Crippen LogP contribution in [0.5, 0.6) is 5.75 Å². The van der Waals surface area contributed by atoms with E-state index >= 15 is 0 Å². The molecule has 3 rings (SSSR count). The third-order valence-electron chi connectivity index (χ3n) is 3.16. The van der Waals surface area contributed by atoms with E-state index in [9.17, 15) is 9.18 Å². The van der Waals surface area contributed by atoms with Gasteiger partial charge in [-0.1, -0.05) is 24.3 Å². The summed E-state index contributed by atoms with van der Waals surface area (Å²) in [6, 6.07) is 13.3. The Morgan fingerprint density at radius 2 is 1.86 bits per heavy atom. The first-order valence-corrected chi connectivity index (χ1v) is 6.57. The van der Waals surface area contributed by atoms with Crippen LogP contribution in [-0.4, -0.2) is 16.2 Å². The van der Waals surface area contributed by atoms with Gasteiger partial charge in [0.15, 0.2) is 11.6 Å². The molecule has 4 nitrogen and oxygen atoms in total. The highest BCUT2D eigenvalue weighted by atomic mass is 19.1. The topological polar surface area (TPSA) is 44.1 Å². The van der Waals surface area contributed by atoms with Crippen LogP contribution in [0.4, 0.5) is 4.39 Å². The van der Waals surface area contributed by atoms with Gasteiger partial charge in [-0.2, -0.15) is 0 Å². The molecule has 0 N–H and O–H groups in total. The number of para-hydroxylation sites is 2. The molecule has 0 aliphatic heterocycles. The predicted molar refractivity (Wildman–Crippen MR) is 77.9 cm³/mol. The highest BCUT2D eigenvalue weighted by Crippen LogP contribution is 2.15. The molecule has 0 aliphatic carbocycles. The van der Waals surface area contributed by atoms with Crippen molar-refractivity contribution < 1.29 is 9.13 Å². The molecule has 0 bridgehead atoms. The lowest BCUT2D eigenvalue weighted by molar-refractivity contribution is 0.282. The lowest BCUT2D eigenvalue weighted by atomic mass is 10.2. The molecule has 0 spiro atoms. The number of fused-ring (bicyclic) bond motifs is 1. The largest absolute Gasteiger partial charge is 0.489 e. The Hall–Kier alpha value is -2.69. The molecule has 0 saturated heterocycles. The summed E-state index contributed by atoms with van der Waals surface area (Å²) in [6.45, 7) is 0.506. The van der Waals surface area contributed by atoms with Crippen LogP contribution >= 0.6 is 0 Å². The molecule has 0 aliphatic rings. The highest BCUT2D eigenvalue weighted by molar-refractivity contribution is 5.76. The Kier molecular flexibility index (Phi) is 3.64. The van der Waals surface area contributed by atoms with Crippen LogP contribution in [0.1, 0.15) is 0 Å². The minimum Gasteiger partial charge on any atom is -0.489 e. The number of ether oxygens (including phenoxy) is 1. The molecule has 0 radical (unpaired) electrons. The van der Waals surface area contributed by atoms with Gasteiger partial charge >= 0.3 is 0 Å². The van der Waals surface area contributed by atoms with Gasteiger partial charge in [0.1, 0.15) is 6.61 Å². The van der Waals surface area contributed by atoms with Crippen molar-refractivity contribution >= 4 is 10.9 Å². The minimum atomic E-state index is -0.415. The van der Waals surface area contributed by atoms with E-state index in [4.69, 9.17) is 4.74 Å². The Balaban J connectivity index is 1.76. The van der Waals surface area contributed by atoms with Crippen LogP contribution in [-0.2, 0) is 6.54 Å². The predicted octanol–water partition coefficient (Wildman–Crippen LogP) is 2.61. The quantitative estimate of drug-likeness (QED) is 0.739. The molecule has 0 unspecified atom stereocenters. The zero-order chi connectivity index (χ0) is 14.7. The molecule has 1 aromatic heterocycles. The standard InChI is InChI=1S/C16H13FN2O2/c17-13-6-2-4-8-15(13)21-10-9-19-11-18-14-7-3-1-5-12(14)16(19)20/h1-8,11H,9-10H2. The van der Waals surface area contributed by atoms with E-state index in [0.29, 0.717) is 17.4 Å². The lowest BCUT2D eigenvalue weighted by Crippen LogP contribution is -2.23. The van der Waals surface area contributed by atoms with Crippen molar-refractivity contribution in [1.82, 2.24) is 9.55 Å². The van der Waals surface area contributed by atoms with Crippen molar-refractivity contribution in [2.45, 2.75) is 6.54 Å². The van der Waals surface area contributed by atoms with Crippen LogP contribution in [0.15, 0.2) is 59.7 Å². The summed E-state index contributed by atoms with van der Waals surface area (Å²) in [6.07, 6.45) is 1.48. The van der Waals surface area contributed by atoms with Crippen LogP contribution in [0.3, 0.4) is 0 Å². The van der Waals surface area contributed by atoms with Crippen molar-refractivity contribution in [2.75, 3.05) is 6.61 Å². The van der Waals surface area contributed by atoms with E-state index in [-0.39, 0.29) is 17.9 Å². The number of aromatic nitrogens is 2. The van der Waals surface area contributed by atoms with Gasteiger partial charge in [-0.25, -0.2) is 9.37 Å². The fraction of sp³-hybridized carbons (Fsp3) is 0.125. The maximum absolute atomic E-state index is 13.4. The van der Waals surface area contributed by atoms with Gasteiger partial charge in [0.2, 0.25) is 0 Å². The number of hydrogen-bond acceptors (Lipinski definition) is 3. The van der Waals surface area contributed by atoms with Gasteiger partial charge in [-0.3, -0.25) is 9.36 Å². The average Bonchev–Trinajstić information content (AvgIpc) is 2.52. The van der Waals surface area contributed by atoms with E-state index < -0.39 is 5.82 Å². The first-order valence-electron chi connectivity index (χ1n) is 6.57. The van der Waals surface area contributed by atoms with Gasteiger partial charge in [-0.15, -0.1) is 0 Å². The summed E-state index contributed by atoms with van der Waals surface area (Å²) in [5, 5.41) is 0.561. The molecular formula is C16H13FN2O2. The van der Waals surface area contributed by atoms with E-state index in [2.05, 4.69) is 4.98 Å². The van der Waals surface area contributed by atoms with Crippen molar-refractivity contribution in [3.63, 3.8) is 0 Å². The molecule has 0 saturated carbocycles. The maximum atomic E-state index is 13.4. The van der Waals surface area contributed by atoms with E-state index in [1.54, 1.807) is 36.4 Å². The number of benzene rings is 2. The molecule has 2 aromatic carbocycles. The molecule has 21 heavy (non-hydrogen) atoms. The molecule has 0 amide bonds. The zero-order valence-corrected chi connectivity index (χ0v) is 11.2. The SMILES string of the molecule is O=c1c2ccccc2ncn1CCOc1ccccc1F. The normalized spacial score (nSPS) is 10.7. The van der Waals surface area contributed by atoms with Gasteiger partial charge in [-0.05, 0) is 24.3 Å². The number of rotatable bonds is 4.